The summed E-state index contributed by atoms with van der Waals surface area (Å²) in [6.07, 6.45) is 0.322. The summed E-state index contributed by atoms with van der Waals surface area (Å²) in [5, 5.41) is 11.2. The molecule has 1 heterocycles. The molecule has 2 aromatic carbocycles. The molecule has 0 bridgehead atoms. The van der Waals surface area contributed by atoms with Crippen molar-refractivity contribution in [3.05, 3.63) is 59.1 Å². The van der Waals surface area contributed by atoms with Crippen molar-refractivity contribution in [1.82, 2.24) is 10.2 Å². The lowest BCUT2D eigenvalue weighted by Gasteiger charge is -2.02. The molecule has 2 N–H and O–H groups in total. The first-order valence-electron chi connectivity index (χ1n) is 6.20. The molecular formula is C15H12ClN3O. The molecule has 0 unspecified atom stereocenters. The van der Waals surface area contributed by atoms with E-state index in [2.05, 4.69) is 15.5 Å². The maximum Gasteiger partial charge on any atom is 0.230 e. The largest absolute Gasteiger partial charge is 0.308 e. The van der Waals surface area contributed by atoms with Gasteiger partial charge in [-0.1, -0.05) is 41.9 Å². The van der Waals surface area contributed by atoms with E-state index in [1.165, 1.54) is 0 Å². The van der Waals surface area contributed by atoms with E-state index in [0.29, 0.717) is 17.3 Å². The quantitative estimate of drug-likeness (QED) is 0.775. The van der Waals surface area contributed by atoms with Gasteiger partial charge in [-0.3, -0.25) is 9.89 Å². The molecule has 20 heavy (non-hydrogen) atoms. The van der Waals surface area contributed by atoms with Crippen molar-refractivity contribution in [2.75, 3.05) is 5.32 Å². The third-order valence-corrected chi connectivity index (χ3v) is 3.23. The van der Waals surface area contributed by atoms with Gasteiger partial charge in [0.2, 0.25) is 5.91 Å². The van der Waals surface area contributed by atoms with Gasteiger partial charge in [0.25, 0.3) is 0 Å². The van der Waals surface area contributed by atoms with Crippen LogP contribution in [0.4, 0.5) is 5.82 Å². The third-order valence-electron chi connectivity index (χ3n) is 2.99. The van der Waals surface area contributed by atoms with E-state index in [4.69, 9.17) is 11.6 Å². The van der Waals surface area contributed by atoms with Gasteiger partial charge in [0.1, 0.15) is 0 Å². The fourth-order valence-electron chi connectivity index (χ4n) is 2.04. The molecule has 0 aliphatic carbocycles. The SMILES string of the molecule is O=C(Cc1ccccc1)Nc1n[nH]c2cc(Cl)ccc12. The minimum atomic E-state index is -0.0976. The van der Waals surface area contributed by atoms with Crippen LogP contribution in [0.5, 0.6) is 0 Å². The molecule has 4 nitrogen and oxygen atoms in total. The van der Waals surface area contributed by atoms with Gasteiger partial charge in [-0.05, 0) is 23.8 Å². The number of nitrogens with zero attached hydrogens (tertiary/aromatic N) is 1. The first-order chi connectivity index (χ1) is 9.72. The molecule has 0 aliphatic heterocycles. The standard InChI is InChI=1S/C15H12ClN3O/c16-11-6-7-12-13(9-11)18-19-15(12)17-14(20)8-10-4-2-1-3-5-10/h1-7,9H,8H2,(H2,17,18,19,20). The first kappa shape index (κ1) is 12.7. The topological polar surface area (TPSA) is 57.8 Å². The summed E-state index contributed by atoms with van der Waals surface area (Å²) in [6.45, 7) is 0. The van der Waals surface area contributed by atoms with Crippen LogP contribution in [0.2, 0.25) is 5.02 Å². The molecule has 0 aliphatic rings. The molecule has 1 aromatic heterocycles. The molecule has 100 valence electrons. The number of carbonyl (C=O) groups excluding carboxylic acids is 1. The van der Waals surface area contributed by atoms with Crippen LogP contribution in [0.1, 0.15) is 5.56 Å². The van der Waals surface area contributed by atoms with Gasteiger partial charge in [0, 0.05) is 10.4 Å². The average molecular weight is 286 g/mol. The Kier molecular flexibility index (Phi) is 3.39. The summed E-state index contributed by atoms with van der Waals surface area (Å²) in [4.78, 5) is 12.0. The normalized spacial score (nSPS) is 10.7. The Labute approximate surface area is 120 Å². The molecule has 0 spiro atoms. The number of rotatable bonds is 3. The number of carbonyl (C=O) groups is 1. The lowest BCUT2D eigenvalue weighted by molar-refractivity contribution is -0.115. The summed E-state index contributed by atoms with van der Waals surface area (Å²) < 4.78 is 0. The van der Waals surface area contributed by atoms with Gasteiger partial charge in [0.05, 0.1) is 11.9 Å². The van der Waals surface area contributed by atoms with Crippen LogP contribution < -0.4 is 5.32 Å². The average Bonchev–Trinajstić information content (AvgIpc) is 2.82. The minimum absolute atomic E-state index is 0.0976. The monoisotopic (exact) mass is 285 g/mol. The van der Waals surface area contributed by atoms with E-state index in [-0.39, 0.29) is 5.91 Å². The number of hydrogen-bond donors (Lipinski definition) is 2. The fraction of sp³-hybridized carbons (Fsp3) is 0.0667. The van der Waals surface area contributed by atoms with E-state index in [9.17, 15) is 4.79 Å². The number of anilines is 1. The van der Waals surface area contributed by atoms with Crippen LogP contribution in [0.15, 0.2) is 48.5 Å². The van der Waals surface area contributed by atoms with Crippen LogP contribution >= 0.6 is 11.6 Å². The molecule has 0 radical (unpaired) electrons. The smallest absolute Gasteiger partial charge is 0.230 e. The van der Waals surface area contributed by atoms with E-state index in [1.807, 2.05) is 36.4 Å². The number of aromatic amines is 1. The maximum atomic E-state index is 12.0. The molecule has 1 amide bonds. The van der Waals surface area contributed by atoms with Crippen molar-refractivity contribution in [1.29, 1.82) is 0 Å². The van der Waals surface area contributed by atoms with Crippen LogP contribution in [-0.2, 0) is 11.2 Å². The minimum Gasteiger partial charge on any atom is -0.308 e. The summed E-state index contributed by atoms with van der Waals surface area (Å²) in [5.74, 6) is 0.428. The van der Waals surface area contributed by atoms with E-state index >= 15 is 0 Å². The van der Waals surface area contributed by atoms with Crippen molar-refractivity contribution in [3.8, 4) is 0 Å². The second-order valence-electron chi connectivity index (χ2n) is 4.47. The van der Waals surface area contributed by atoms with Crippen molar-refractivity contribution in [2.45, 2.75) is 6.42 Å². The van der Waals surface area contributed by atoms with Crippen LogP contribution in [0.3, 0.4) is 0 Å². The zero-order valence-electron chi connectivity index (χ0n) is 10.6. The number of halogens is 1. The molecule has 3 rings (SSSR count). The molecule has 0 atom stereocenters. The van der Waals surface area contributed by atoms with Crippen molar-refractivity contribution in [2.24, 2.45) is 0 Å². The highest BCUT2D eigenvalue weighted by Gasteiger charge is 2.10. The Hall–Kier alpha value is -2.33. The number of nitrogens with one attached hydrogen (secondary N) is 2. The number of aromatic nitrogens is 2. The lowest BCUT2D eigenvalue weighted by Crippen LogP contribution is -2.14. The van der Waals surface area contributed by atoms with E-state index in [0.717, 1.165) is 16.5 Å². The number of amides is 1. The van der Waals surface area contributed by atoms with Crippen LogP contribution in [0.25, 0.3) is 10.9 Å². The summed E-state index contributed by atoms with van der Waals surface area (Å²) in [7, 11) is 0. The predicted octanol–water partition coefficient (Wildman–Crippen LogP) is 3.40. The third kappa shape index (κ3) is 2.65. The van der Waals surface area contributed by atoms with Gasteiger partial charge in [0.15, 0.2) is 5.82 Å². The zero-order chi connectivity index (χ0) is 13.9. The van der Waals surface area contributed by atoms with Gasteiger partial charge in [-0.15, -0.1) is 0 Å². The molecule has 3 aromatic rings. The van der Waals surface area contributed by atoms with Crippen molar-refractivity contribution >= 4 is 34.2 Å². The summed E-state index contributed by atoms with van der Waals surface area (Å²) in [5.41, 5.74) is 1.76. The number of benzene rings is 2. The van der Waals surface area contributed by atoms with Crippen molar-refractivity contribution in [3.63, 3.8) is 0 Å². The highest BCUT2D eigenvalue weighted by Crippen LogP contribution is 2.23. The van der Waals surface area contributed by atoms with E-state index in [1.54, 1.807) is 12.1 Å². The number of H-pyrrole nitrogens is 1. The fourth-order valence-corrected chi connectivity index (χ4v) is 2.22. The van der Waals surface area contributed by atoms with E-state index < -0.39 is 0 Å². The summed E-state index contributed by atoms with van der Waals surface area (Å²) in [6, 6.07) is 15.0. The Morgan fingerprint density at radius 1 is 1.20 bits per heavy atom. The summed E-state index contributed by atoms with van der Waals surface area (Å²) >= 11 is 5.91. The Morgan fingerprint density at radius 3 is 2.80 bits per heavy atom. The maximum absolute atomic E-state index is 12.0. The molecular weight excluding hydrogens is 274 g/mol. The molecule has 0 fully saturated rings. The van der Waals surface area contributed by atoms with Crippen LogP contribution in [-0.4, -0.2) is 16.1 Å². The molecule has 5 heteroatoms. The Morgan fingerprint density at radius 2 is 2.00 bits per heavy atom. The van der Waals surface area contributed by atoms with Gasteiger partial charge < -0.3 is 5.32 Å². The highest BCUT2D eigenvalue weighted by molar-refractivity contribution is 6.31. The lowest BCUT2D eigenvalue weighted by atomic mass is 10.1. The van der Waals surface area contributed by atoms with Gasteiger partial charge in [-0.25, -0.2) is 0 Å². The van der Waals surface area contributed by atoms with Crippen molar-refractivity contribution < 1.29 is 4.79 Å². The predicted molar refractivity (Wildman–Crippen MR) is 79.9 cm³/mol. The zero-order valence-corrected chi connectivity index (χ0v) is 11.3. The number of hydrogen-bond acceptors (Lipinski definition) is 2. The second-order valence-corrected chi connectivity index (χ2v) is 4.91. The van der Waals surface area contributed by atoms with Gasteiger partial charge >= 0.3 is 0 Å². The molecule has 0 saturated carbocycles. The first-order valence-corrected chi connectivity index (χ1v) is 6.57. The Bertz CT molecular complexity index is 752. The highest BCUT2D eigenvalue weighted by atomic mass is 35.5. The van der Waals surface area contributed by atoms with Crippen LogP contribution in [0, 0.1) is 0 Å². The molecule has 0 saturated heterocycles. The second kappa shape index (κ2) is 5.35. The number of fused-ring (bicyclic) bond motifs is 1. The van der Waals surface area contributed by atoms with Gasteiger partial charge in [-0.2, -0.15) is 5.10 Å². The Balaban J connectivity index is 1.78.